The highest BCUT2D eigenvalue weighted by Gasteiger charge is 2.22. The third-order valence-electron chi connectivity index (χ3n) is 3.14. The van der Waals surface area contributed by atoms with Gasteiger partial charge in [-0.2, -0.15) is 5.10 Å². The van der Waals surface area contributed by atoms with E-state index in [0.29, 0.717) is 11.3 Å². The van der Waals surface area contributed by atoms with Crippen LogP contribution in [0.4, 0.5) is 0 Å². The van der Waals surface area contributed by atoms with E-state index in [0.717, 1.165) is 5.56 Å². The highest BCUT2D eigenvalue weighted by atomic mass is 16.4. The Balaban J connectivity index is 2.11. The van der Waals surface area contributed by atoms with Crippen molar-refractivity contribution >= 4 is 11.9 Å². The van der Waals surface area contributed by atoms with E-state index in [1.54, 1.807) is 20.2 Å². The van der Waals surface area contributed by atoms with Crippen LogP contribution in [-0.2, 0) is 18.3 Å². The fraction of sp³-hybridized carbons (Fsp3) is 0.267. The van der Waals surface area contributed by atoms with Crippen molar-refractivity contribution in [1.29, 1.82) is 0 Å². The monoisotopic (exact) mass is 287 g/mol. The first-order valence-corrected chi connectivity index (χ1v) is 6.55. The molecule has 0 spiro atoms. The minimum Gasteiger partial charge on any atom is -0.480 e. The minimum atomic E-state index is -1.06. The molecule has 0 radical (unpaired) electrons. The molecule has 21 heavy (non-hydrogen) atoms. The summed E-state index contributed by atoms with van der Waals surface area (Å²) in [6, 6.07) is 8.22. The molecule has 1 aromatic carbocycles. The Morgan fingerprint density at radius 1 is 1.33 bits per heavy atom. The Hall–Kier alpha value is -2.63. The van der Waals surface area contributed by atoms with Crippen molar-refractivity contribution in [2.75, 3.05) is 0 Å². The van der Waals surface area contributed by atoms with Crippen molar-refractivity contribution < 1.29 is 14.7 Å². The molecule has 2 N–H and O–H groups in total. The molecule has 0 aliphatic carbocycles. The minimum absolute atomic E-state index is 0.237. The summed E-state index contributed by atoms with van der Waals surface area (Å²) < 4.78 is 1.53. The summed E-state index contributed by atoms with van der Waals surface area (Å²) in [6.45, 7) is 1.71. The number of aliphatic carboxylic acids is 1. The second-order valence-corrected chi connectivity index (χ2v) is 4.86. The highest BCUT2D eigenvalue weighted by Crippen LogP contribution is 2.07. The van der Waals surface area contributed by atoms with Crippen LogP contribution in [0.15, 0.2) is 36.5 Å². The maximum absolute atomic E-state index is 12.2. The average molecular weight is 287 g/mol. The zero-order chi connectivity index (χ0) is 15.4. The molecular weight excluding hydrogens is 270 g/mol. The van der Waals surface area contributed by atoms with Gasteiger partial charge in [0.2, 0.25) is 0 Å². The zero-order valence-electron chi connectivity index (χ0n) is 11.9. The summed E-state index contributed by atoms with van der Waals surface area (Å²) in [5.41, 5.74) is 1.81. The molecule has 1 atom stereocenters. The number of amides is 1. The first kappa shape index (κ1) is 14.8. The Bertz CT molecular complexity index is 649. The second-order valence-electron chi connectivity index (χ2n) is 4.86. The first-order chi connectivity index (χ1) is 9.97. The summed E-state index contributed by atoms with van der Waals surface area (Å²) >= 11 is 0. The Labute approximate surface area is 122 Å². The van der Waals surface area contributed by atoms with Crippen LogP contribution in [0, 0.1) is 6.92 Å². The van der Waals surface area contributed by atoms with Crippen LogP contribution in [0.3, 0.4) is 0 Å². The molecule has 1 aromatic heterocycles. The molecule has 0 bridgehead atoms. The predicted octanol–water partition coefficient (Wildman–Crippen LogP) is 1.15. The number of carbonyl (C=O) groups is 2. The number of nitrogens with one attached hydrogen (secondary N) is 1. The molecule has 6 heteroatoms. The maximum atomic E-state index is 12.2. The lowest BCUT2D eigenvalue weighted by atomic mass is 10.1. The van der Waals surface area contributed by atoms with E-state index in [1.165, 1.54) is 4.68 Å². The van der Waals surface area contributed by atoms with Gasteiger partial charge in [0, 0.05) is 19.7 Å². The number of benzene rings is 1. The smallest absolute Gasteiger partial charge is 0.326 e. The van der Waals surface area contributed by atoms with Gasteiger partial charge in [0.05, 0.1) is 11.3 Å². The molecule has 0 saturated carbocycles. The lowest BCUT2D eigenvalue weighted by Gasteiger charge is -2.14. The van der Waals surface area contributed by atoms with E-state index in [4.69, 9.17) is 0 Å². The molecule has 0 saturated heterocycles. The molecule has 110 valence electrons. The number of carboxylic acids is 1. The number of nitrogens with zero attached hydrogens (tertiary/aromatic N) is 2. The van der Waals surface area contributed by atoms with Crippen LogP contribution in [0.2, 0.25) is 0 Å². The number of hydrogen-bond donors (Lipinski definition) is 2. The molecule has 0 aliphatic rings. The number of aryl methyl sites for hydroxylation is 2. The van der Waals surface area contributed by atoms with Crippen LogP contribution in [-0.4, -0.2) is 32.8 Å². The number of aromatic nitrogens is 2. The van der Waals surface area contributed by atoms with Crippen LogP contribution in [0.25, 0.3) is 0 Å². The van der Waals surface area contributed by atoms with E-state index < -0.39 is 17.9 Å². The van der Waals surface area contributed by atoms with E-state index in [2.05, 4.69) is 10.4 Å². The quantitative estimate of drug-likeness (QED) is 0.864. The molecule has 0 fully saturated rings. The van der Waals surface area contributed by atoms with Gasteiger partial charge in [-0.3, -0.25) is 9.48 Å². The third-order valence-corrected chi connectivity index (χ3v) is 3.14. The van der Waals surface area contributed by atoms with Crippen molar-refractivity contribution in [3.8, 4) is 0 Å². The Morgan fingerprint density at radius 2 is 2.00 bits per heavy atom. The van der Waals surface area contributed by atoms with Crippen molar-refractivity contribution in [3.05, 3.63) is 53.3 Å². The Kier molecular flexibility index (Phi) is 4.37. The number of hydrogen-bond acceptors (Lipinski definition) is 3. The van der Waals surface area contributed by atoms with E-state index >= 15 is 0 Å². The molecule has 2 rings (SSSR count). The Morgan fingerprint density at radius 3 is 2.52 bits per heavy atom. The SMILES string of the molecule is Cc1nn(C)cc1C(=O)N[C@@H](Cc1ccccc1)C(=O)O. The highest BCUT2D eigenvalue weighted by molar-refractivity contribution is 5.97. The summed E-state index contributed by atoms with van der Waals surface area (Å²) in [5.74, 6) is -1.49. The zero-order valence-corrected chi connectivity index (χ0v) is 11.9. The van der Waals surface area contributed by atoms with Gasteiger partial charge in [-0.1, -0.05) is 30.3 Å². The molecule has 1 heterocycles. The standard InChI is InChI=1S/C15H17N3O3/c1-10-12(9-18(2)17-10)14(19)16-13(15(20)21)8-11-6-4-3-5-7-11/h3-7,9,13H,8H2,1-2H3,(H,16,19)(H,20,21)/t13-/m0/s1. The summed E-state index contributed by atoms with van der Waals surface area (Å²) in [4.78, 5) is 23.5. The maximum Gasteiger partial charge on any atom is 0.326 e. The fourth-order valence-electron chi connectivity index (χ4n) is 2.11. The molecule has 2 aromatic rings. The lowest BCUT2D eigenvalue weighted by molar-refractivity contribution is -0.139. The van der Waals surface area contributed by atoms with Gasteiger partial charge in [0.15, 0.2) is 0 Å². The second kappa shape index (κ2) is 6.21. The van der Waals surface area contributed by atoms with Gasteiger partial charge < -0.3 is 10.4 Å². The first-order valence-electron chi connectivity index (χ1n) is 6.55. The number of carbonyl (C=O) groups excluding carboxylic acids is 1. The van der Waals surface area contributed by atoms with Gasteiger partial charge in [-0.15, -0.1) is 0 Å². The normalized spacial score (nSPS) is 11.9. The van der Waals surface area contributed by atoms with Crippen molar-refractivity contribution in [1.82, 2.24) is 15.1 Å². The van der Waals surface area contributed by atoms with Gasteiger partial charge in [-0.25, -0.2) is 4.79 Å². The fourth-order valence-corrected chi connectivity index (χ4v) is 2.11. The third kappa shape index (κ3) is 3.68. The van der Waals surface area contributed by atoms with Gasteiger partial charge in [-0.05, 0) is 12.5 Å². The van der Waals surface area contributed by atoms with E-state index in [9.17, 15) is 14.7 Å². The van der Waals surface area contributed by atoms with Gasteiger partial charge >= 0.3 is 5.97 Å². The van der Waals surface area contributed by atoms with Crippen LogP contribution >= 0.6 is 0 Å². The van der Waals surface area contributed by atoms with Crippen molar-refractivity contribution in [3.63, 3.8) is 0 Å². The number of rotatable bonds is 5. The van der Waals surface area contributed by atoms with Gasteiger partial charge in [0.25, 0.3) is 5.91 Å². The van der Waals surface area contributed by atoms with Crippen molar-refractivity contribution in [2.24, 2.45) is 7.05 Å². The molecular formula is C15H17N3O3. The summed E-state index contributed by atoms with van der Waals surface area (Å²) in [6.07, 6.45) is 1.81. The van der Waals surface area contributed by atoms with E-state index in [1.807, 2.05) is 30.3 Å². The molecule has 0 aliphatic heterocycles. The van der Waals surface area contributed by atoms with E-state index in [-0.39, 0.29) is 6.42 Å². The van der Waals surface area contributed by atoms with Crippen molar-refractivity contribution in [2.45, 2.75) is 19.4 Å². The summed E-state index contributed by atoms with van der Waals surface area (Å²) in [5, 5.41) is 15.9. The average Bonchev–Trinajstić information content (AvgIpc) is 2.78. The van der Waals surface area contributed by atoms with Gasteiger partial charge in [0.1, 0.15) is 6.04 Å². The number of carboxylic acid groups (broad SMARTS) is 1. The molecule has 1 amide bonds. The summed E-state index contributed by atoms with van der Waals surface area (Å²) in [7, 11) is 1.71. The van der Waals surface area contributed by atoms with Crippen LogP contribution in [0.5, 0.6) is 0 Å². The molecule has 6 nitrogen and oxygen atoms in total. The lowest BCUT2D eigenvalue weighted by Crippen LogP contribution is -2.42. The molecule has 0 unspecified atom stereocenters. The largest absolute Gasteiger partial charge is 0.480 e. The topological polar surface area (TPSA) is 84.2 Å². The predicted molar refractivity (Wildman–Crippen MR) is 77.0 cm³/mol. The van der Waals surface area contributed by atoms with Crippen LogP contribution in [0.1, 0.15) is 21.6 Å². The van der Waals surface area contributed by atoms with Crippen LogP contribution < -0.4 is 5.32 Å².